The molecule has 0 aromatic heterocycles. The highest BCUT2D eigenvalue weighted by Gasteiger charge is 2.17. The molecular formula is C28H34N2O8. The molecule has 0 spiro atoms. The molecule has 0 aliphatic carbocycles. The fraction of sp³-hybridized carbons (Fsp3) is 0.357. The van der Waals surface area contributed by atoms with E-state index in [4.69, 9.17) is 18.9 Å². The van der Waals surface area contributed by atoms with Gasteiger partial charge in [0.2, 0.25) is 0 Å². The van der Waals surface area contributed by atoms with Crippen LogP contribution in [0.5, 0.6) is 0 Å². The van der Waals surface area contributed by atoms with Crippen molar-refractivity contribution in [3.63, 3.8) is 0 Å². The van der Waals surface area contributed by atoms with Crippen molar-refractivity contribution in [2.45, 2.75) is 38.8 Å². The summed E-state index contributed by atoms with van der Waals surface area (Å²) in [6.45, 7) is 3.52. The minimum Gasteiger partial charge on any atom is -0.460 e. The maximum absolute atomic E-state index is 12.2. The first-order valence-electron chi connectivity index (χ1n) is 12.4. The Balaban J connectivity index is 1.87. The molecule has 0 saturated carbocycles. The number of carbonyl (C=O) groups excluding carboxylic acids is 4. The average Bonchev–Trinajstić information content (AvgIpc) is 2.90. The van der Waals surface area contributed by atoms with Gasteiger partial charge in [0, 0.05) is 12.2 Å². The Morgan fingerprint density at radius 1 is 0.632 bits per heavy atom. The molecule has 2 amide bonds. The van der Waals surface area contributed by atoms with Crippen LogP contribution < -0.4 is 10.6 Å². The van der Waals surface area contributed by atoms with Gasteiger partial charge < -0.3 is 29.6 Å². The van der Waals surface area contributed by atoms with Crippen LogP contribution in [0.15, 0.2) is 72.8 Å². The number of amides is 2. The van der Waals surface area contributed by atoms with E-state index < -0.39 is 36.2 Å². The lowest BCUT2D eigenvalue weighted by Gasteiger charge is -2.18. The van der Waals surface area contributed by atoms with Gasteiger partial charge in [-0.05, 0) is 37.8 Å². The van der Waals surface area contributed by atoms with E-state index in [1.807, 2.05) is 60.7 Å². The second kappa shape index (κ2) is 17.2. The van der Waals surface area contributed by atoms with Gasteiger partial charge in [-0.25, -0.2) is 19.2 Å². The number of hydrogen-bond acceptors (Lipinski definition) is 8. The zero-order chi connectivity index (χ0) is 27.6. The van der Waals surface area contributed by atoms with Crippen LogP contribution in [-0.4, -0.2) is 62.6 Å². The molecule has 10 heteroatoms. The highest BCUT2D eigenvalue weighted by molar-refractivity contribution is 5.91. The molecule has 0 radical (unpaired) electrons. The Hall–Kier alpha value is -4.34. The Kier molecular flexibility index (Phi) is 13.5. The van der Waals surface area contributed by atoms with Gasteiger partial charge in [0.15, 0.2) is 0 Å². The van der Waals surface area contributed by atoms with Crippen LogP contribution in [-0.2, 0) is 41.4 Å². The van der Waals surface area contributed by atoms with E-state index in [0.717, 1.165) is 23.3 Å². The molecule has 204 valence electrons. The average molecular weight is 527 g/mol. The molecule has 2 atom stereocenters. The lowest BCUT2D eigenvalue weighted by Crippen LogP contribution is -2.40. The maximum Gasteiger partial charge on any atom is 0.407 e. The zero-order valence-corrected chi connectivity index (χ0v) is 21.6. The van der Waals surface area contributed by atoms with Crippen molar-refractivity contribution in [2.75, 3.05) is 26.4 Å². The van der Waals surface area contributed by atoms with Gasteiger partial charge in [0.25, 0.3) is 0 Å². The van der Waals surface area contributed by atoms with Gasteiger partial charge >= 0.3 is 24.1 Å². The molecule has 0 unspecified atom stereocenters. The van der Waals surface area contributed by atoms with Gasteiger partial charge in [-0.2, -0.15) is 0 Å². The van der Waals surface area contributed by atoms with Crippen molar-refractivity contribution in [1.29, 1.82) is 0 Å². The Bertz CT molecular complexity index is 960. The third kappa shape index (κ3) is 12.6. The highest BCUT2D eigenvalue weighted by atomic mass is 16.6. The van der Waals surface area contributed by atoms with E-state index >= 15 is 0 Å². The van der Waals surface area contributed by atoms with Crippen LogP contribution in [0.25, 0.3) is 0 Å². The van der Waals surface area contributed by atoms with Crippen molar-refractivity contribution in [3.8, 4) is 0 Å². The predicted octanol–water partition coefficient (Wildman–Crippen LogP) is 3.34. The third-order valence-corrected chi connectivity index (χ3v) is 5.05. The maximum atomic E-state index is 12.2. The van der Waals surface area contributed by atoms with Gasteiger partial charge in [-0.3, -0.25) is 0 Å². The highest BCUT2D eigenvalue weighted by Crippen LogP contribution is 2.06. The summed E-state index contributed by atoms with van der Waals surface area (Å²) in [5, 5.41) is 5.33. The van der Waals surface area contributed by atoms with E-state index in [2.05, 4.69) is 10.6 Å². The summed E-state index contributed by atoms with van der Waals surface area (Å²) in [7, 11) is 0. The Labute approximate surface area is 222 Å². The third-order valence-electron chi connectivity index (χ3n) is 5.05. The predicted molar refractivity (Wildman–Crippen MR) is 139 cm³/mol. The fourth-order valence-corrected chi connectivity index (χ4v) is 3.38. The fourth-order valence-electron chi connectivity index (χ4n) is 3.38. The summed E-state index contributed by atoms with van der Waals surface area (Å²) >= 11 is 0. The SMILES string of the molecule is CCOC(=O)N[C@H](COC(=O)/C=C/C(=O)OC[C@H](Cc1ccccc1)NC(=O)OCC)Cc1ccccc1. The number of nitrogens with one attached hydrogen (secondary N) is 2. The standard InChI is InChI=1S/C28H34N2O8/c1-3-35-27(33)29-23(17-21-11-7-5-8-12-21)19-37-25(31)15-16-26(32)38-20-24(30-28(34)36-4-2)18-22-13-9-6-10-14-22/h5-16,23-24H,3-4,17-20H2,1-2H3,(H,29,33)(H,30,34)/b16-15+/t23-,24-/m0/s1. The van der Waals surface area contributed by atoms with Crippen LogP contribution in [0.1, 0.15) is 25.0 Å². The molecule has 2 N–H and O–H groups in total. The van der Waals surface area contributed by atoms with E-state index in [0.29, 0.717) is 12.8 Å². The smallest absolute Gasteiger partial charge is 0.407 e. The van der Waals surface area contributed by atoms with Crippen molar-refractivity contribution in [2.24, 2.45) is 0 Å². The molecule has 0 aliphatic heterocycles. The van der Waals surface area contributed by atoms with Crippen LogP contribution in [0.4, 0.5) is 9.59 Å². The van der Waals surface area contributed by atoms with E-state index in [9.17, 15) is 19.2 Å². The minimum absolute atomic E-state index is 0.130. The summed E-state index contributed by atoms with van der Waals surface area (Å²) in [6.07, 6.45) is 1.47. The Morgan fingerprint density at radius 3 is 1.34 bits per heavy atom. The monoisotopic (exact) mass is 526 g/mol. The van der Waals surface area contributed by atoms with Crippen LogP contribution in [0.3, 0.4) is 0 Å². The zero-order valence-electron chi connectivity index (χ0n) is 21.6. The van der Waals surface area contributed by atoms with Crippen molar-refractivity contribution >= 4 is 24.1 Å². The molecule has 2 rings (SSSR count). The summed E-state index contributed by atoms with van der Waals surface area (Å²) in [5.74, 6) is -1.56. The molecular weight excluding hydrogens is 492 g/mol. The lowest BCUT2D eigenvalue weighted by atomic mass is 10.1. The number of rotatable bonds is 14. The number of alkyl carbamates (subject to hydrolysis) is 2. The molecule has 2 aromatic rings. The second-order valence-electron chi connectivity index (χ2n) is 8.10. The first-order valence-corrected chi connectivity index (χ1v) is 12.4. The molecule has 0 aliphatic rings. The molecule has 38 heavy (non-hydrogen) atoms. The van der Waals surface area contributed by atoms with Crippen LogP contribution in [0, 0.1) is 0 Å². The largest absolute Gasteiger partial charge is 0.460 e. The normalized spacial score (nSPS) is 12.2. The summed E-state index contributed by atoms with van der Waals surface area (Å²) in [4.78, 5) is 48.1. The second-order valence-corrected chi connectivity index (χ2v) is 8.10. The van der Waals surface area contributed by atoms with E-state index in [-0.39, 0.29) is 26.4 Å². The lowest BCUT2D eigenvalue weighted by molar-refractivity contribution is -0.141. The summed E-state index contributed by atoms with van der Waals surface area (Å²) < 4.78 is 20.3. The number of esters is 2. The molecule has 0 bridgehead atoms. The number of benzene rings is 2. The first kappa shape index (κ1) is 29.9. The van der Waals surface area contributed by atoms with Crippen LogP contribution >= 0.6 is 0 Å². The summed E-state index contributed by atoms with van der Waals surface area (Å²) in [5.41, 5.74) is 1.87. The quantitative estimate of drug-likeness (QED) is 0.218. The van der Waals surface area contributed by atoms with Crippen molar-refractivity contribution in [3.05, 3.63) is 83.9 Å². The molecule has 0 saturated heterocycles. The minimum atomic E-state index is -0.781. The van der Waals surface area contributed by atoms with Crippen molar-refractivity contribution < 1.29 is 38.1 Å². The number of ether oxygens (including phenoxy) is 4. The molecule has 0 heterocycles. The number of carbonyl (C=O) groups is 4. The number of hydrogen-bond donors (Lipinski definition) is 2. The molecule has 2 aromatic carbocycles. The van der Waals surface area contributed by atoms with E-state index in [1.54, 1.807) is 13.8 Å². The van der Waals surface area contributed by atoms with Gasteiger partial charge in [-0.1, -0.05) is 60.7 Å². The van der Waals surface area contributed by atoms with E-state index in [1.165, 1.54) is 0 Å². The van der Waals surface area contributed by atoms with Gasteiger partial charge in [0.05, 0.1) is 25.3 Å². The van der Waals surface area contributed by atoms with Crippen molar-refractivity contribution in [1.82, 2.24) is 10.6 Å². The topological polar surface area (TPSA) is 129 Å². The summed E-state index contributed by atoms with van der Waals surface area (Å²) in [6, 6.07) is 17.7. The first-order chi connectivity index (χ1) is 18.4. The molecule has 10 nitrogen and oxygen atoms in total. The van der Waals surface area contributed by atoms with Gasteiger partial charge in [0.1, 0.15) is 13.2 Å². The van der Waals surface area contributed by atoms with Gasteiger partial charge in [-0.15, -0.1) is 0 Å². The van der Waals surface area contributed by atoms with Crippen LogP contribution in [0.2, 0.25) is 0 Å². The Morgan fingerprint density at radius 2 is 1.00 bits per heavy atom. The molecule has 0 fully saturated rings.